The Hall–Kier alpha value is -0.610. The van der Waals surface area contributed by atoms with Crippen molar-refractivity contribution in [2.24, 2.45) is 5.18 Å². The number of rotatable bonds is 1. The quantitative estimate of drug-likeness (QED) is 0.493. The summed E-state index contributed by atoms with van der Waals surface area (Å²) in [4.78, 5) is 9.18. The van der Waals surface area contributed by atoms with E-state index in [9.17, 15) is 18.1 Å². The van der Waals surface area contributed by atoms with E-state index in [1.54, 1.807) is 5.18 Å². The Morgan fingerprint density at radius 1 is 1.50 bits per heavy atom. The van der Waals surface area contributed by atoms with Gasteiger partial charge in [-0.1, -0.05) is 5.18 Å². The maximum atomic E-state index is 11.2. The van der Waals surface area contributed by atoms with Gasteiger partial charge in [0.05, 0.1) is 0 Å². The lowest BCUT2D eigenvalue weighted by atomic mass is 10.4. The molecule has 1 unspecified atom stereocenters. The van der Waals surface area contributed by atoms with Gasteiger partial charge in [0, 0.05) is 0 Å². The van der Waals surface area contributed by atoms with E-state index in [1.807, 2.05) is 0 Å². The minimum absolute atomic E-state index is 0.701. The van der Waals surface area contributed by atoms with Crippen molar-refractivity contribution in [1.82, 2.24) is 0 Å². The first-order valence-electron chi connectivity index (χ1n) is 1.87. The number of nitrogens with zero attached hydrogens (tertiary/aromatic N) is 1. The van der Waals surface area contributed by atoms with Crippen molar-refractivity contribution in [3.8, 4) is 0 Å². The Morgan fingerprint density at radius 2 is 1.88 bits per heavy atom. The van der Waals surface area contributed by atoms with E-state index in [4.69, 9.17) is 0 Å². The highest BCUT2D eigenvalue weighted by Crippen LogP contribution is 2.21. The summed E-state index contributed by atoms with van der Waals surface area (Å²) in [6.07, 6.45) is -4.47. The molecule has 0 saturated heterocycles. The molecule has 0 N–H and O–H groups in total. The molecular formula is C3H4F3NO. The van der Waals surface area contributed by atoms with E-state index in [0.29, 0.717) is 6.92 Å². The first-order chi connectivity index (χ1) is 3.48. The van der Waals surface area contributed by atoms with Crippen LogP contribution in [0.5, 0.6) is 0 Å². The highest BCUT2D eigenvalue weighted by Gasteiger charge is 2.37. The molecule has 0 spiro atoms. The molecule has 0 aliphatic rings. The van der Waals surface area contributed by atoms with Gasteiger partial charge in [-0.15, -0.1) is 0 Å². The number of halogens is 3. The molecule has 0 amide bonds. The Balaban J connectivity index is 3.80. The zero-order valence-electron chi connectivity index (χ0n) is 4.07. The molecule has 8 heavy (non-hydrogen) atoms. The molecule has 0 aliphatic carbocycles. The second kappa shape index (κ2) is 2.11. The third kappa shape index (κ3) is 1.90. The second-order valence-electron chi connectivity index (χ2n) is 1.32. The van der Waals surface area contributed by atoms with Crippen LogP contribution in [0.4, 0.5) is 13.2 Å². The van der Waals surface area contributed by atoms with Crippen LogP contribution in [0, 0.1) is 4.91 Å². The zero-order chi connectivity index (χ0) is 6.78. The lowest BCUT2D eigenvalue weighted by molar-refractivity contribution is -0.143. The van der Waals surface area contributed by atoms with Gasteiger partial charge in [-0.2, -0.15) is 18.1 Å². The highest BCUT2D eigenvalue weighted by atomic mass is 19.4. The topological polar surface area (TPSA) is 29.4 Å². The van der Waals surface area contributed by atoms with Gasteiger partial charge in [-0.05, 0) is 6.92 Å². The minimum Gasteiger partial charge on any atom is -0.168 e. The average molecular weight is 127 g/mol. The molecule has 0 heterocycles. The molecular weight excluding hydrogens is 123 g/mol. The molecule has 0 fully saturated rings. The fraction of sp³-hybridized carbons (Fsp3) is 1.00. The number of nitroso groups, excluding NO2 is 1. The van der Waals surface area contributed by atoms with Crippen molar-refractivity contribution >= 4 is 0 Å². The molecule has 1 atom stereocenters. The molecule has 0 aromatic carbocycles. The van der Waals surface area contributed by atoms with Crippen LogP contribution < -0.4 is 0 Å². The van der Waals surface area contributed by atoms with Crippen molar-refractivity contribution in [3.05, 3.63) is 4.91 Å². The van der Waals surface area contributed by atoms with Crippen LogP contribution in [0.15, 0.2) is 5.18 Å². The maximum Gasteiger partial charge on any atom is 0.413 e. The first kappa shape index (κ1) is 7.39. The smallest absolute Gasteiger partial charge is 0.168 e. The van der Waals surface area contributed by atoms with Gasteiger partial charge in [0.25, 0.3) is 0 Å². The van der Waals surface area contributed by atoms with Gasteiger partial charge in [-0.3, -0.25) is 0 Å². The van der Waals surface area contributed by atoms with E-state index in [2.05, 4.69) is 0 Å². The van der Waals surface area contributed by atoms with Gasteiger partial charge in [0.15, 0.2) is 6.04 Å². The lowest BCUT2D eigenvalue weighted by Crippen LogP contribution is -2.22. The molecule has 5 heteroatoms. The second-order valence-corrected chi connectivity index (χ2v) is 1.32. The van der Waals surface area contributed by atoms with Crippen LogP contribution in [0.25, 0.3) is 0 Å². The summed E-state index contributed by atoms with van der Waals surface area (Å²) >= 11 is 0. The molecule has 48 valence electrons. The van der Waals surface area contributed by atoms with Crippen LogP contribution in [0.3, 0.4) is 0 Å². The average Bonchev–Trinajstić information content (AvgIpc) is 1.62. The highest BCUT2D eigenvalue weighted by molar-refractivity contribution is 4.66. The normalized spacial score (nSPS) is 15.5. The predicted molar refractivity (Wildman–Crippen MR) is 21.3 cm³/mol. The molecule has 2 nitrogen and oxygen atoms in total. The van der Waals surface area contributed by atoms with Crippen LogP contribution in [0.2, 0.25) is 0 Å². The third-order valence-corrected chi connectivity index (χ3v) is 0.632. The molecule has 0 radical (unpaired) electrons. The monoisotopic (exact) mass is 127 g/mol. The molecule has 0 saturated carbocycles. The summed E-state index contributed by atoms with van der Waals surface area (Å²) in [7, 11) is 0. The predicted octanol–water partition coefficient (Wildman–Crippen LogP) is 1.70. The largest absolute Gasteiger partial charge is 0.413 e. The third-order valence-electron chi connectivity index (χ3n) is 0.632. The van der Waals surface area contributed by atoms with E-state index in [0.717, 1.165) is 0 Å². The summed E-state index contributed by atoms with van der Waals surface area (Å²) < 4.78 is 33.5. The van der Waals surface area contributed by atoms with Crippen molar-refractivity contribution in [3.63, 3.8) is 0 Å². The zero-order valence-corrected chi connectivity index (χ0v) is 4.07. The first-order valence-corrected chi connectivity index (χ1v) is 1.87. The Labute approximate surface area is 43.7 Å². The van der Waals surface area contributed by atoms with E-state index < -0.39 is 12.2 Å². The number of alkyl halides is 3. The van der Waals surface area contributed by atoms with Crippen LogP contribution in [-0.4, -0.2) is 12.2 Å². The summed E-state index contributed by atoms with van der Waals surface area (Å²) in [6, 6.07) is -2.08. The van der Waals surface area contributed by atoms with Gasteiger partial charge >= 0.3 is 6.18 Å². The summed E-state index contributed by atoms with van der Waals surface area (Å²) in [5.74, 6) is 0. The fourth-order valence-corrected chi connectivity index (χ4v) is 0.0598. The Morgan fingerprint density at radius 3 is 1.88 bits per heavy atom. The van der Waals surface area contributed by atoms with Crippen molar-refractivity contribution in [2.45, 2.75) is 19.1 Å². The van der Waals surface area contributed by atoms with Crippen LogP contribution in [0.1, 0.15) is 6.92 Å². The minimum atomic E-state index is -4.47. The summed E-state index contributed by atoms with van der Waals surface area (Å²) in [6.45, 7) is 0.701. The van der Waals surface area contributed by atoms with Crippen LogP contribution in [-0.2, 0) is 0 Å². The van der Waals surface area contributed by atoms with Gasteiger partial charge in [0.2, 0.25) is 0 Å². The molecule has 0 bridgehead atoms. The number of hydrogen-bond donors (Lipinski definition) is 0. The number of hydrogen-bond acceptors (Lipinski definition) is 2. The van der Waals surface area contributed by atoms with Gasteiger partial charge in [-0.25, -0.2) is 0 Å². The summed E-state index contributed by atoms with van der Waals surface area (Å²) in [5, 5.41) is 1.78. The lowest BCUT2D eigenvalue weighted by Gasteiger charge is -2.05. The van der Waals surface area contributed by atoms with Gasteiger partial charge < -0.3 is 0 Å². The van der Waals surface area contributed by atoms with Crippen molar-refractivity contribution in [2.75, 3.05) is 0 Å². The van der Waals surface area contributed by atoms with Crippen molar-refractivity contribution in [1.29, 1.82) is 0 Å². The van der Waals surface area contributed by atoms with E-state index in [-0.39, 0.29) is 0 Å². The molecule has 0 aliphatic heterocycles. The van der Waals surface area contributed by atoms with E-state index >= 15 is 0 Å². The Bertz CT molecular complexity index is 89.0. The molecule has 0 aromatic heterocycles. The fourth-order valence-electron chi connectivity index (χ4n) is 0.0598. The molecule has 0 rings (SSSR count). The Kier molecular flexibility index (Phi) is 1.94. The SMILES string of the molecule is CC(N=O)C(F)(F)F. The standard InChI is InChI=1S/C3H4F3NO/c1-2(7-8)3(4,5)6/h2H,1H3. The summed E-state index contributed by atoms with van der Waals surface area (Å²) in [5.41, 5.74) is 0. The van der Waals surface area contributed by atoms with Crippen molar-refractivity contribution < 1.29 is 13.2 Å². The van der Waals surface area contributed by atoms with Crippen LogP contribution >= 0.6 is 0 Å². The van der Waals surface area contributed by atoms with Gasteiger partial charge in [0.1, 0.15) is 0 Å². The molecule has 0 aromatic rings. The maximum absolute atomic E-state index is 11.2. The van der Waals surface area contributed by atoms with E-state index in [1.165, 1.54) is 0 Å².